The average Bonchev–Trinajstić information content (AvgIpc) is 3.48. The summed E-state index contributed by atoms with van der Waals surface area (Å²) in [6, 6.07) is 15.7. The highest BCUT2D eigenvalue weighted by molar-refractivity contribution is 6.02. The Labute approximate surface area is 183 Å². The molecule has 10 nitrogen and oxygen atoms in total. The van der Waals surface area contributed by atoms with Gasteiger partial charge in [0.2, 0.25) is 11.7 Å². The minimum Gasteiger partial charge on any atom is -0.497 e. The summed E-state index contributed by atoms with van der Waals surface area (Å²) in [5, 5.41) is 17.7. The monoisotopic (exact) mass is 432 g/mol. The molecule has 2 aromatic heterocycles. The van der Waals surface area contributed by atoms with E-state index in [0.29, 0.717) is 22.9 Å². The zero-order valence-electron chi connectivity index (χ0n) is 17.4. The second kappa shape index (κ2) is 9.13. The van der Waals surface area contributed by atoms with Crippen LogP contribution in [0.3, 0.4) is 0 Å². The van der Waals surface area contributed by atoms with Gasteiger partial charge in [0.1, 0.15) is 12.3 Å². The first kappa shape index (κ1) is 20.8. The second-order valence-corrected chi connectivity index (χ2v) is 6.88. The minimum absolute atomic E-state index is 0.126. The normalized spacial score (nSPS) is 10.6. The second-order valence-electron chi connectivity index (χ2n) is 6.88. The van der Waals surface area contributed by atoms with Gasteiger partial charge in [-0.2, -0.15) is 4.80 Å². The number of carbonyl (C=O) groups is 2. The molecule has 2 N–H and O–H groups in total. The van der Waals surface area contributed by atoms with Gasteiger partial charge in [-0.3, -0.25) is 9.59 Å². The maximum absolute atomic E-state index is 12.5. The highest BCUT2D eigenvalue weighted by Gasteiger charge is 2.13. The van der Waals surface area contributed by atoms with Crippen molar-refractivity contribution in [1.29, 1.82) is 0 Å². The van der Waals surface area contributed by atoms with Crippen molar-refractivity contribution in [2.75, 3.05) is 17.7 Å². The summed E-state index contributed by atoms with van der Waals surface area (Å²) in [6.45, 7) is 1.72. The molecular formula is C22H20N6O4. The van der Waals surface area contributed by atoms with Gasteiger partial charge >= 0.3 is 0 Å². The van der Waals surface area contributed by atoms with Gasteiger partial charge in [-0.1, -0.05) is 18.2 Å². The highest BCUT2D eigenvalue weighted by Crippen LogP contribution is 2.22. The van der Waals surface area contributed by atoms with E-state index in [1.54, 1.807) is 43.5 Å². The summed E-state index contributed by atoms with van der Waals surface area (Å²) in [6.07, 6.45) is 1.42. The van der Waals surface area contributed by atoms with Gasteiger partial charge in [-0.15, -0.1) is 10.2 Å². The maximum atomic E-state index is 12.5. The molecule has 2 heterocycles. The number of rotatable bonds is 7. The topological polar surface area (TPSA) is 124 Å². The first-order valence-corrected chi connectivity index (χ1v) is 9.69. The molecule has 4 rings (SSSR count). The van der Waals surface area contributed by atoms with Crippen molar-refractivity contribution < 1.29 is 18.7 Å². The smallest absolute Gasteiger partial charge is 0.291 e. The summed E-state index contributed by atoms with van der Waals surface area (Å²) in [5.41, 5.74) is 2.64. The summed E-state index contributed by atoms with van der Waals surface area (Å²) < 4.78 is 10.3. The van der Waals surface area contributed by atoms with Crippen LogP contribution in [-0.4, -0.2) is 39.1 Å². The molecule has 0 radical (unpaired) electrons. The molecule has 32 heavy (non-hydrogen) atoms. The molecule has 0 unspecified atom stereocenters. The van der Waals surface area contributed by atoms with E-state index >= 15 is 0 Å². The predicted molar refractivity (Wildman–Crippen MR) is 116 cm³/mol. The van der Waals surface area contributed by atoms with Gasteiger partial charge in [0.15, 0.2) is 5.76 Å². The molecule has 10 heteroatoms. The number of aryl methyl sites for hydroxylation is 1. The Bertz CT molecular complexity index is 1250. The number of methoxy groups -OCH3 is 1. The molecule has 0 aliphatic rings. The van der Waals surface area contributed by atoms with Crippen LogP contribution in [0.25, 0.3) is 11.4 Å². The van der Waals surface area contributed by atoms with Crippen molar-refractivity contribution in [3.05, 3.63) is 72.2 Å². The first-order valence-electron chi connectivity index (χ1n) is 9.69. The molecule has 0 spiro atoms. The summed E-state index contributed by atoms with van der Waals surface area (Å²) in [5.74, 6) is 0.534. The van der Waals surface area contributed by atoms with Gasteiger partial charge < -0.3 is 19.8 Å². The van der Waals surface area contributed by atoms with Crippen LogP contribution in [0, 0.1) is 6.92 Å². The summed E-state index contributed by atoms with van der Waals surface area (Å²) >= 11 is 0. The molecule has 2 aromatic carbocycles. The molecule has 0 bridgehead atoms. The number of hydrogen-bond donors (Lipinski definition) is 2. The predicted octanol–water partition coefficient (Wildman–Crippen LogP) is 3.14. The van der Waals surface area contributed by atoms with Crippen molar-refractivity contribution in [3.8, 4) is 17.1 Å². The number of anilines is 2. The van der Waals surface area contributed by atoms with Crippen LogP contribution in [0.5, 0.6) is 5.75 Å². The molecule has 2 amide bonds. The third kappa shape index (κ3) is 4.81. The van der Waals surface area contributed by atoms with E-state index in [0.717, 1.165) is 11.1 Å². The number of carbonyl (C=O) groups excluding carboxylic acids is 2. The van der Waals surface area contributed by atoms with Crippen LogP contribution in [0.1, 0.15) is 16.1 Å². The molecule has 0 fully saturated rings. The van der Waals surface area contributed by atoms with Gasteiger partial charge in [0, 0.05) is 16.9 Å². The van der Waals surface area contributed by atoms with Gasteiger partial charge in [0.05, 0.1) is 13.4 Å². The van der Waals surface area contributed by atoms with Crippen molar-refractivity contribution >= 4 is 23.2 Å². The molecule has 0 aliphatic heterocycles. The van der Waals surface area contributed by atoms with E-state index < -0.39 is 0 Å². The number of ether oxygens (including phenoxy) is 1. The molecule has 4 aromatic rings. The fraction of sp³-hybridized carbons (Fsp3) is 0.136. The Morgan fingerprint density at radius 1 is 1.09 bits per heavy atom. The standard InChI is InChI=1S/C22H20N6O4/c1-14-8-9-16(23-22(30)19-7-4-10-32-19)12-18(14)24-20(29)13-28-26-21(25-27-28)15-5-3-6-17(11-15)31-2/h3-12H,13H2,1-2H3,(H,23,30)(H,24,29). The molecule has 0 saturated heterocycles. The summed E-state index contributed by atoms with van der Waals surface area (Å²) in [4.78, 5) is 25.9. The SMILES string of the molecule is COc1cccc(-c2nnn(CC(=O)Nc3cc(NC(=O)c4ccco4)ccc3C)n2)c1. The lowest BCUT2D eigenvalue weighted by atomic mass is 10.1. The van der Waals surface area contributed by atoms with E-state index in [9.17, 15) is 9.59 Å². The number of nitrogens with zero attached hydrogens (tertiary/aromatic N) is 4. The van der Waals surface area contributed by atoms with Crippen LogP contribution in [-0.2, 0) is 11.3 Å². The van der Waals surface area contributed by atoms with Crippen molar-refractivity contribution in [2.45, 2.75) is 13.5 Å². The third-order valence-electron chi connectivity index (χ3n) is 4.58. The van der Waals surface area contributed by atoms with Crippen LogP contribution < -0.4 is 15.4 Å². The lowest BCUT2D eigenvalue weighted by molar-refractivity contribution is -0.117. The Morgan fingerprint density at radius 3 is 2.75 bits per heavy atom. The third-order valence-corrected chi connectivity index (χ3v) is 4.58. The summed E-state index contributed by atoms with van der Waals surface area (Å²) in [7, 11) is 1.58. The number of benzene rings is 2. The maximum Gasteiger partial charge on any atom is 0.291 e. The molecule has 0 saturated carbocycles. The highest BCUT2D eigenvalue weighted by atomic mass is 16.5. The Morgan fingerprint density at radius 2 is 1.97 bits per heavy atom. The first-order chi connectivity index (χ1) is 15.5. The number of aromatic nitrogens is 4. The van der Waals surface area contributed by atoms with Crippen LogP contribution >= 0.6 is 0 Å². The molecular weight excluding hydrogens is 412 g/mol. The number of nitrogens with one attached hydrogen (secondary N) is 2. The van der Waals surface area contributed by atoms with Gasteiger partial charge in [-0.25, -0.2) is 0 Å². The fourth-order valence-electron chi connectivity index (χ4n) is 2.94. The minimum atomic E-state index is -0.381. The number of furan rings is 1. The lowest BCUT2D eigenvalue weighted by Crippen LogP contribution is -2.21. The molecule has 0 atom stereocenters. The van der Waals surface area contributed by atoms with Crippen LogP contribution in [0.4, 0.5) is 11.4 Å². The average molecular weight is 432 g/mol. The number of amides is 2. The Kier molecular flexibility index (Phi) is 5.93. The lowest BCUT2D eigenvalue weighted by Gasteiger charge is -2.11. The van der Waals surface area contributed by atoms with E-state index in [1.807, 2.05) is 25.1 Å². The van der Waals surface area contributed by atoms with Gasteiger partial charge in [0.25, 0.3) is 5.91 Å². The zero-order valence-corrected chi connectivity index (χ0v) is 17.4. The van der Waals surface area contributed by atoms with Crippen molar-refractivity contribution in [3.63, 3.8) is 0 Å². The Balaban J connectivity index is 1.42. The van der Waals surface area contributed by atoms with Crippen LogP contribution in [0.2, 0.25) is 0 Å². The number of tetrazole rings is 1. The molecule has 162 valence electrons. The van der Waals surface area contributed by atoms with Crippen molar-refractivity contribution in [1.82, 2.24) is 20.2 Å². The Hall–Kier alpha value is -4.47. The largest absolute Gasteiger partial charge is 0.497 e. The quantitative estimate of drug-likeness (QED) is 0.460. The number of hydrogen-bond acceptors (Lipinski definition) is 7. The van der Waals surface area contributed by atoms with E-state index in [1.165, 1.54) is 11.1 Å². The van der Waals surface area contributed by atoms with Crippen molar-refractivity contribution in [2.24, 2.45) is 0 Å². The van der Waals surface area contributed by atoms with Crippen LogP contribution in [0.15, 0.2) is 65.3 Å². The van der Waals surface area contributed by atoms with E-state index in [2.05, 4.69) is 26.0 Å². The van der Waals surface area contributed by atoms with E-state index in [4.69, 9.17) is 9.15 Å². The fourth-order valence-corrected chi connectivity index (χ4v) is 2.94. The van der Waals surface area contributed by atoms with E-state index in [-0.39, 0.29) is 24.1 Å². The molecule has 0 aliphatic carbocycles. The zero-order chi connectivity index (χ0) is 22.5. The van der Waals surface area contributed by atoms with Gasteiger partial charge in [-0.05, 0) is 54.1 Å².